The van der Waals surface area contributed by atoms with Crippen LogP contribution in [-0.4, -0.2) is 31.2 Å². The molecular weight excluding hydrogens is 330 g/mol. The van der Waals surface area contributed by atoms with Crippen LogP contribution in [0.5, 0.6) is 5.75 Å². The van der Waals surface area contributed by atoms with Crippen molar-refractivity contribution in [1.29, 1.82) is 0 Å². The summed E-state index contributed by atoms with van der Waals surface area (Å²) in [5.41, 5.74) is 3.18. The summed E-state index contributed by atoms with van der Waals surface area (Å²) >= 11 is 0. The quantitative estimate of drug-likeness (QED) is 0.747. The molecule has 1 heterocycles. The number of rotatable bonds is 4. The van der Waals surface area contributed by atoms with Gasteiger partial charge in [0.05, 0.1) is 5.92 Å². The van der Waals surface area contributed by atoms with Gasteiger partial charge in [0.1, 0.15) is 22.5 Å². The fraction of sp³-hybridized carbons (Fsp3) is 0.350. The lowest BCUT2D eigenvalue weighted by Crippen LogP contribution is -2.16. The fourth-order valence-electron chi connectivity index (χ4n) is 2.93. The highest BCUT2D eigenvalue weighted by atomic mass is 16.4. The predicted molar refractivity (Wildman–Crippen MR) is 99.7 cm³/mol. The number of aromatic hydroxyl groups is 1. The monoisotopic (exact) mass is 353 g/mol. The Morgan fingerprint density at radius 3 is 2.23 bits per heavy atom. The Kier molecular flexibility index (Phi) is 4.44. The molecule has 1 aromatic heterocycles. The molecule has 136 valence electrons. The molecule has 0 saturated carbocycles. The molecule has 2 aromatic carbocycles. The van der Waals surface area contributed by atoms with Crippen LogP contribution in [0, 0.1) is 5.92 Å². The first-order valence-corrected chi connectivity index (χ1v) is 8.58. The van der Waals surface area contributed by atoms with Gasteiger partial charge in [-0.2, -0.15) is 0 Å². The second-order valence-electron chi connectivity index (χ2n) is 7.68. The Hall–Kier alpha value is -2.89. The van der Waals surface area contributed by atoms with Crippen LogP contribution in [0.25, 0.3) is 16.7 Å². The maximum atomic E-state index is 11.2. The minimum absolute atomic E-state index is 0.115. The third kappa shape index (κ3) is 3.40. The minimum Gasteiger partial charge on any atom is -0.505 e. The van der Waals surface area contributed by atoms with Crippen LogP contribution in [0.2, 0.25) is 0 Å². The van der Waals surface area contributed by atoms with E-state index in [0.29, 0.717) is 12.1 Å². The molecule has 0 bridgehead atoms. The molecule has 6 nitrogen and oxygen atoms in total. The van der Waals surface area contributed by atoms with Crippen molar-refractivity contribution in [2.75, 3.05) is 0 Å². The van der Waals surface area contributed by atoms with E-state index in [1.165, 1.54) is 4.80 Å². The highest BCUT2D eigenvalue weighted by molar-refractivity contribution is 5.74. The van der Waals surface area contributed by atoms with Crippen molar-refractivity contribution in [2.24, 2.45) is 5.92 Å². The van der Waals surface area contributed by atoms with Gasteiger partial charge in [-0.1, -0.05) is 45.9 Å². The second kappa shape index (κ2) is 6.44. The number of carboxylic acids is 1. The highest BCUT2D eigenvalue weighted by Gasteiger charge is 2.24. The van der Waals surface area contributed by atoms with Gasteiger partial charge in [0.15, 0.2) is 0 Å². The third-order valence-corrected chi connectivity index (χ3v) is 4.42. The second-order valence-corrected chi connectivity index (χ2v) is 7.68. The molecule has 0 fully saturated rings. The summed E-state index contributed by atoms with van der Waals surface area (Å²) in [6, 6.07) is 11.1. The van der Waals surface area contributed by atoms with Crippen LogP contribution in [0.1, 0.15) is 38.8 Å². The Morgan fingerprint density at radius 1 is 1.15 bits per heavy atom. The van der Waals surface area contributed by atoms with Crippen molar-refractivity contribution in [3.05, 3.63) is 47.5 Å². The van der Waals surface area contributed by atoms with Gasteiger partial charge in [0.2, 0.25) is 0 Å². The number of phenols is 1. The lowest BCUT2D eigenvalue weighted by atomic mass is 9.84. The topological polar surface area (TPSA) is 88.2 Å². The van der Waals surface area contributed by atoms with E-state index in [4.69, 9.17) is 0 Å². The fourth-order valence-corrected chi connectivity index (χ4v) is 2.93. The number of hydrogen-bond donors (Lipinski definition) is 2. The molecule has 3 rings (SSSR count). The van der Waals surface area contributed by atoms with Crippen molar-refractivity contribution in [3.8, 4) is 11.4 Å². The number of aliphatic carboxylic acids is 1. The van der Waals surface area contributed by atoms with Gasteiger partial charge in [0.25, 0.3) is 0 Å². The summed E-state index contributed by atoms with van der Waals surface area (Å²) < 4.78 is 0. The standard InChI is InChI=1S/C20H23N3O3/c1-12(19(25)26)9-13-10-14(20(2,3)4)18(24)17(11-13)23-21-15-7-5-6-8-16(15)22-23/h5-8,10-12,24H,9H2,1-4H3,(H,25,26). The van der Waals surface area contributed by atoms with E-state index in [1.54, 1.807) is 13.0 Å². The van der Waals surface area contributed by atoms with Crippen LogP contribution in [0.4, 0.5) is 0 Å². The number of phenolic OH excluding ortho intramolecular Hbond substituents is 1. The highest BCUT2D eigenvalue weighted by Crippen LogP contribution is 2.36. The molecule has 26 heavy (non-hydrogen) atoms. The summed E-state index contributed by atoms with van der Waals surface area (Å²) in [7, 11) is 0. The molecule has 0 aliphatic rings. The zero-order valence-electron chi connectivity index (χ0n) is 15.4. The number of carboxylic acid groups (broad SMARTS) is 1. The average Bonchev–Trinajstić information content (AvgIpc) is 2.98. The van der Waals surface area contributed by atoms with Crippen LogP contribution in [-0.2, 0) is 16.6 Å². The first kappa shape index (κ1) is 17.9. The number of nitrogens with zero attached hydrogens (tertiary/aromatic N) is 3. The van der Waals surface area contributed by atoms with Gasteiger partial charge in [-0.3, -0.25) is 4.79 Å². The van der Waals surface area contributed by atoms with Gasteiger partial charge in [-0.25, -0.2) is 0 Å². The largest absolute Gasteiger partial charge is 0.505 e. The Bertz CT molecular complexity index is 937. The first-order chi connectivity index (χ1) is 12.2. The molecule has 0 radical (unpaired) electrons. The molecule has 1 unspecified atom stereocenters. The van der Waals surface area contributed by atoms with Crippen LogP contribution in [0.15, 0.2) is 36.4 Å². The van der Waals surface area contributed by atoms with Crippen molar-refractivity contribution in [2.45, 2.75) is 39.5 Å². The van der Waals surface area contributed by atoms with Crippen molar-refractivity contribution in [1.82, 2.24) is 15.0 Å². The Labute approximate surface area is 152 Å². The summed E-state index contributed by atoms with van der Waals surface area (Å²) in [4.78, 5) is 12.7. The molecule has 3 aromatic rings. The van der Waals surface area contributed by atoms with Crippen LogP contribution < -0.4 is 0 Å². The summed E-state index contributed by atoms with van der Waals surface area (Å²) in [5.74, 6) is -1.26. The van der Waals surface area contributed by atoms with E-state index in [2.05, 4.69) is 10.2 Å². The molecule has 1 atom stereocenters. The molecule has 2 N–H and O–H groups in total. The molecule has 0 saturated heterocycles. The van der Waals surface area contributed by atoms with E-state index in [0.717, 1.165) is 22.2 Å². The number of hydrogen-bond acceptors (Lipinski definition) is 4. The van der Waals surface area contributed by atoms with E-state index >= 15 is 0 Å². The van der Waals surface area contributed by atoms with Crippen molar-refractivity contribution >= 4 is 17.0 Å². The summed E-state index contributed by atoms with van der Waals surface area (Å²) in [6.45, 7) is 7.68. The van der Waals surface area contributed by atoms with Gasteiger partial charge in [0, 0.05) is 5.56 Å². The summed E-state index contributed by atoms with van der Waals surface area (Å²) in [6.07, 6.45) is 0.368. The minimum atomic E-state index is -0.847. The third-order valence-electron chi connectivity index (χ3n) is 4.42. The SMILES string of the molecule is CC(Cc1cc(-n2nc3ccccc3n2)c(O)c(C(C)(C)C)c1)C(=O)O. The van der Waals surface area contributed by atoms with E-state index in [-0.39, 0.29) is 11.2 Å². The predicted octanol–water partition coefficient (Wildman–Crippen LogP) is 3.69. The maximum absolute atomic E-state index is 11.2. The number of fused-ring (bicyclic) bond motifs is 1. The van der Waals surface area contributed by atoms with E-state index in [9.17, 15) is 15.0 Å². The number of aromatic nitrogens is 3. The lowest BCUT2D eigenvalue weighted by Gasteiger charge is -2.23. The normalized spacial score (nSPS) is 13.1. The maximum Gasteiger partial charge on any atom is 0.306 e. The van der Waals surface area contributed by atoms with Gasteiger partial charge < -0.3 is 10.2 Å². The number of benzene rings is 2. The summed E-state index contributed by atoms with van der Waals surface area (Å²) in [5, 5.41) is 29.0. The molecular formula is C20H23N3O3. The van der Waals surface area contributed by atoms with Gasteiger partial charge in [-0.05, 0) is 35.6 Å². The average molecular weight is 353 g/mol. The van der Waals surface area contributed by atoms with E-state index in [1.807, 2.05) is 51.1 Å². The zero-order chi connectivity index (χ0) is 19.1. The molecule has 0 spiro atoms. The van der Waals surface area contributed by atoms with Crippen LogP contribution in [0.3, 0.4) is 0 Å². The Balaban J connectivity index is 2.17. The smallest absolute Gasteiger partial charge is 0.306 e. The molecule has 0 amide bonds. The molecule has 6 heteroatoms. The van der Waals surface area contributed by atoms with Crippen molar-refractivity contribution < 1.29 is 15.0 Å². The lowest BCUT2D eigenvalue weighted by molar-refractivity contribution is -0.141. The van der Waals surface area contributed by atoms with Crippen molar-refractivity contribution in [3.63, 3.8) is 0 Å². The number of carbonyl (C=O) groups is 1. The first-order valence-electron chi connectivity index (χ1n) is 8.58. The molecule has 0 aliphatic carbocycles. The van der Waals surface area contributed by atoms with Gasteiger partial charge in [-0.15, -0.1) is 15.0 Å². The van der Waals surface area contributed by atoms with Gasteiger partial charge >= 0.3 is 5.97 Å². The zero-order valence-corrected chi connectivity index (χ0v) is 15.4. The van der Waals surface area contributed by atoms with Crippen LogP contribution >= 0.6 is 0 Å². The van der Waals surface area contributed by atoms with E-state index < -0.39 is 11.9 Å². The Morgan fingerprint density at radius 2 is 1.73 bits per heavy atom. The molecule has 0 aliphatic heterocycles.